The van der Waals surface area contributed by atoms with E-state index in [1.54, 1.807) is 18.2 Å². The van der Waals surface area contributed by atoms with Gasteiger partial charge >= 0.3 is 0 Å². The third-order valence-electron chi connectivity index (χ3n) is 4.17. The minimum absolute atomic E-state index is 0.0663. The molecule has 1 fully saturated rings. The normalized spacial score (nSPS) is 15.0. The second-order valence-electron chi connectivity index (χ2n) is 6.04. The average molecular weight is 351 g/mol. The van der Waals surface area contributed by atoms with E-state index in [-0.39, 0.29) is 11.9 Å². The first-order valence-electron chi connectivity index (χ1n) is 8.57. The zero-order valence-electron chi connectivity index (χ0n) is 14.6. The average Bonchev–Trinajstić information content (AvgIpc) is 2.70. The first-order chi connectivity index (χ1) is 12.7. The number of carbonyl (C=O) groups is 1. The number of morpholine rings is 1. The van der Waals surface area contributed by atoms with E-state index in [1.807, 2.05) is 42.2 Å². The molecule has 3 rings (SSSR count). The Kier molecular flexibility index (Phi) is 5.72. The Labute approximate surface area is 152 Å². The van der Waals surface area contributed by atoms with Gasteiger partial charge in [-0.15, -0.1) is 0 Å². The van der Waals surface area contributed by atoms with E-state index in [0.717, 1.165) is 5.69 Å². The Morgan fingerprint density at radius 1 is 1.19 bits per heavy atom. The fourth-order valence-corrected chi connectivity index (χ4v) is 2.76. The minimum Gasteiger partial charge on any atom is -0.456 e. The van der Waals surface area contributed by atoms with E-state index in [2.05, 4.69) is 11.4 Å². The molecule has 1 N–H and O–H groups in total. The van der Waals surface area contributed by atoms with Gasteiger partial charge in [-0.3, -0.25) is 4.79 Å². The van der Waals surface area contributed by atoms with E-state index in [9.17, 15) is 4.79 Å². The molecule has 6 heteroatoms. The number of nitrogens with one attached hydrogen (secondary N) is 1. The number of nitrogens with zero attached hydrogens (tertiary/aromatic N) is 2. The molecule has 1 unspecified atom stereocenters. The number of hydrogen-bond acceptors (Lipinski definition) is 5. The molecule has 0 radical (unpaired) electrons. The third kappa shape index (κ3) is 4.32. The molecular formula is C20H21N3O3. The Bertz CT molecular complexity index is 793. The highest BCUT2D eigenvalue weighted by molar-refractivity contribution is 5.84. The molecule has 2 aromatic carbocycles. The van der Waals surface area contributed by atoms with Crippen molar-refractivity contribution < 1.29 is 14.3 Å². The highest BCUT2D eigenvalue weighted by atomic mass is 16.5. The van der Waals surface area contributed by atoms with Crippen molar-refractivity contribution in [2.45, 2.75) is 13.0 Å². The summed E-state index contributed by atoms with van der Waals surface area (Å²) in [4.78, 5) is 14.3. The second-order valence-corrected chi connectivity index (χ2v) is 6.04. The fraction of sp³-hybridized carbons (Fsp3) is 0.300. The highest BCUT2D eigenvalue weighted by Gasteiger charge is 2.22. The summed E-state index contributed by atoms with van der Waals surface area (Å²) in [5.41, 5.74) is 1.32. The molecule has 6 nitrogen and oxygen atoms in total. The fourth-order valence-electron chi connectivity index (χ4n) is 2.76. The van der Waals surface area contributed by atoms with Crippen molar-refractivity contribution in [3.63, 3.8) is 0 Å². The van der Waals surface area contributed by atoms with Crippen molar-refractivity contribution in [3.05, 3.63) is 54.1 Å². The Balaban J connectivity index is 1.60. The van der Waals surface area contributed by atoms with Crippen LogP contribution in [0.15, 0.2) is 48.5 Å². The maximum Gasteiger partial charge on any atom is 0.244 e. The van der Waals surface area contributed by atoms with Crippen LogP contribution < -0.4 is 10.1 Å². The first-order valence-corrected chi connectivity index (χ1v) is 8.57. The molecule has 0 aromatic heterocycles. The lowest BCUT2D eigenvalue weighted by molar-refractivity contribution is -0.135. The van der Waals surface area contributed by atoms with Crippen LogP contribution in [0.4, 0.5) is 5.69 Å². The van der Waals surface area contributed by atoms with Crippen LogP contribution in [0.3, 0.4) is 0 Å². The van der Waals surface area contributed by atoms with E-state index in [0.29, 0.717) is 43.4 Å². The van der Waals surface area contributed by atoms with Crippen molar-refractivity contribution in [3.8, 4) is 17.6 Å². The van der Waals surface area contributed by atoms with Crippen LogP contribution in [0.1, 0.15) is 12.5 Å². The highest BCUT2D eigenvalue weighted by Crippen LogP contribution is 2.26. The van der Waals surface area contributed by atoms with Crippen molar-refractivity contribution in [2.24, 2.45) is 0 Å². The number of carbonyl (C=O) groups excluding carboxylic acids is 1. The van der Waals surface area contributed by atoms with Crippen molar-refractivity contribution in [1.29, 1.82) is 5.26 Å². The molecule has 1 heterocycles. The zero-order valence-corrected chi connectivity index (χ0v) is 14.6. The molecule has 0 saturated carbocycles. The lowest BCUT2D eigenvalue weighted by Crippen LogP contribution is -2.46. The van der Waals surface area contributed by atoms with E-state index in [1.165, 1.54) is 0 Å². The number of hydrogen-bond donors (Lipinski definition) is 1. The summed E-state index contributed by atoms with van der Waals surface area (Å²) in [5.74, 6) is 1.22. The van der Waals surface area contributed by atoms with Crippen LogP contribution in [0.2, 0.25) is 0 Å². The molecule has 0 aliphatic carbocycles. The lowest BCUT2D eigenvalue weighted by atomic mass is 10.2. The topological polar surface area (TPSA) is 74.6 Å². The minimum atomic E-state index is -0.320. The number of nitriles is 1. The van der Waals surface area contributed by atoms with Gasteiger partial charge in [-0.25, -0.2) is 0 Å². The van der Waals surface area contributed by atoms with Gasteiger partial charge in [0.05, 0.1) is 18.8 Å². The van der Waals surface area contributed by atoms with Gasteiger partial charge in [0.25, 0.3) is 0 Å². The van der Waals surface area contributed by atoms with Gasteiger partial charge in [-0.05, 0) is 43.3 Å². The van der Waals surface area contributed by atoms with Crippen molar-refractivity contribution in [2.75, 3.05) is 31.6 Å². The number of anilines is 1. The summed E-state index contributed by atoms with van der Waals surface area (Å²) in [6, 6.07) is 16.2. The Morgan fingerprint density at radius 3 is 2.58 bits per heavy atom. The van der Waals surface area contributed by atoms with E-state index >= 15 is 0 Å². The summed E-state index contributed by atoms with van der Waals surface area (Å²) in [6.07, 6.45) is 0. The van der Waals surface area contributed by atoms with Crippen molar-refractivity contribution >= 4 is 11.6 Å². The molecular weight excluding hydrogens is 330 g/mol. The summed E-state index contributed by atoms with van der Waals surface area (Å²) >= 11 is 0. The summed E-state index contributed by atoms with van der Waals surface area (Å²) in [5, 5.41) is 12.3. The third-order valence-corrected chi connectivity index (χ3v) is 4.17. The predicted molar refractivity (Wildman–Crippen MR) is 98.2 cm³/mol. The first kappa shape index (κ1) is 17.8. The van der Waals surface area contributed by atoms with Crippen LogP contribution >= 0.6 is 0 Å². The second kappa shape index (κ2) is 8.37. The summed E-state index contributed by atoms with van der Waals surface area (Å²) in [6.45, 7) is 4.31. The lowest BCUT2D eigenvalue weighted by Gasteiger charge is -2.29. The van der Waals surface area contributed by atoms with Crippen LogP contribution in [0.25, 0.3) is 0 Å². The largest absolute Gasteiger partial charge is 0.456 e. The quantitative estimate of drug-likeness (QED) is 0.896. The monoisotopic (exact) mass is 351 g/mol. The zero-order chi connectivity index (χ0) is 18.4. The molecule has 134 valence electrons. The van der Waals surface area contributed by atoms with Gasteiger partial charge in [0.15, 0.2) is 0 Å². The molecule has 1 atom stereocenters. The Morgan fingerprint density at radius 2 is 1.88 bits per heavy atom. The number of ether oxygens (including phenoxy) is 2. The smallest absolute Gasteiger partial charge is 0.244 e. The summed E-state index contributed by atoms with van der Waals surface area (Å²) in [7, 11) is 0. The summed E-state index contributed by atoms with van der Waals surface area (Å²) < 4.78 is 11.0. The Hall–Kier alpha value is -3.04. The van der Waals surface area contributed by atoms with E-state index in [4.69, 9.17) is 14.7 Å². The predicted octanol–water partition coefficient (Wildman–Crippen LogP) is 3.01. The number of amides is 1. The van der Waals surface area contributed by atoms with Crippen LogP contribution in [0.5, 0.6) is 11.5 Å². The van der Waals surface area contributed by atoms with Gasteiger partial charge in [-0.2, -0.15) is 5.26 Å². The van der Waals surface area contributed by atoms with Crippen molar-refractivity contribution in [1.82, 2.24) is 4.90 Å². The molecule has 26 heavy (non-hydrogen) atoms. The van der Waals surface area contributed by atoms with Gasteiger partial charge < -0.3 is 19.7 Å². The molecule has 1 aliphatic heterocycles. The standard InChI is InChI=1S/C20H21N3O3/c1-15(20(24)23-10-12-25-13-11-23)22-17-6-8-18(9-7-17)26-19-5-3-2-4-16(19)14-21/h2-9,15,22H,10-13H2,1H3. The van der Waals surface area contributed by atoms with Gasteiger partial charge in [0.1, 0.15) is 23.6 Å². The van der Waals surface area contributed by atoms with E-state index < -0.39 is 0 Å². The molecule has 1 saturated heterocycles. The number of para-hydroxylation sites is 1. The van der Waals surface area contributed by atoms with Crippen LogP contribution in [-0.2, 0) is 9.53 Å². The SMILES string of the molecule is CC(Nc1ccc(Oc2ccccc2C#N)cc1)C(=O)N1CCOCC1. The van der Waals surface area contributed by atoms with Crippen LogP contribution in [-0.4, -0.2) is 43.2 Å². The number of rotatable bonds is 5. The molecule has 0 spiro atoms. The molecule has 0 bridgehead atoms. The van der Waals surface area contributed by atoms with Gasteiger partial charge in [0, 0.05) is 18.8 Å². The maximum atomic E-state index is 12.4. The molecule has 1 amide bonds. The van der Waals surface area contributed by atoms with Gasteiger partial charge in [0.2, 0.25) is 5.91 Å². The van der Waals surface area contributed by atoms with Crippen LogP contribution in [0, 0.1) is 11.3 Å². The van der Waals surface area contributed by atoms with Gasteiger partial charge in [-0.1, -0.05) is 12.1 Å². The molecule has 2 aromatic rings. The number of benzene rings is 2. The molecule has 1 aliphatic rings. The maximum absolute atomic E-state index is 12.4.